The molecule has 1 heterocycles. The van der Waals surface area contributed by atoms with E-state index in [1.807, 2.05) is 11.9 Å². The molecule has 1 aromatic rings. The van der Waals surface area contributed by atoms with Gasteiger partial charge in [-0.15, -0.1) is 5.10 Å². The zero-order valence-electron chi connectivity index (χ0n) is 11.1. The summed E-state index contributed by atoms with van der Waals surface area (Å²) in [4.78, 5) is 1.97. The van der Waals surface area contributed by atoms with Crippen molar-refractivity contribution in [3.05, 3.63) is 5.89 Å². The van der Waals surface area contributed by atoms with Gasteiger partial charge in [-0.1, -0.05) is 12.0 Å². The van der Waals surface area contributed by atoms with Crippen molar-refractivity contribution in [2.24, 2.45) is 5.92 Å². The summed E-state index contributed by atoms with van der Waals surface area (Å²) >= 11 is 0. The third kappa shape index (κ3) is 3.43. The van der Waals surface area contributed by atoms with Crippen LogP contribution in [0.1, 0.15) is 32.1 Å². The lowest BCUT2D eigenvalue weighted by Gasteiger charge is -2.33. The highest BCUT2D eigenvalue weighted by Gasteiger charge is 2.29. The summed E-state index contributed by atoms with van der Waals surface area (Å²) in [6.45, 7) is 4.55. The summed E-state index contributed by atoms with van der Waals surface area (Å²) in [5, 5.41) is 20.5. The fraction of sp³-hybridized carbons (Fsp3) is 0.833. The molecule has 1 aliphatic rings. The number of nitrogens with zero attached hydrogens (tertiary/aromatic N) is 3. The maximum absolute atomic E-state index is 9.25. The van der Waals surface area contributed by atoms with Crippen molar-refractivity contribution in [3.63, 3.8) is 0 Å². The molecule has 6 nitrogen and oxygen atoms in total. The summed E-state index contributed by atoms with van der Waals surface area (Å²) in [6, 6.07) is 0.560. The molecule has 1 saturated carbocycles. The first-order valence-corrected chi connectivity index (χ1v) is 6.61. The SMILES string of the molecule is CCCNCc1nnc(N(C)CC2CC(O)C2)o1. The molecule has 1 aliphatic carbocycles. The van der Waals surface area contributed by atoms with Crippen LogP contribution >= 0.6 is 0 Å². The number of anilines is 1. The summed E-state index contributed by atoms with van der Waals surface area (Å²) in [5.41, 5.74) is 0. The third-order valence-electron chi connectivity index (χ3n) is 3.23. The molecule has 0 radical (unpaired) electrons. The summed E-state index contributed by atoms with van der Waals surface area (Å²) < 4.78 is 5.57. The molecule has 0 unspecified atom stereocenters. The van der Waals surface area contributed by atoms with Gasteiger partial charge in [-0.05, 0) is 31.7 Å². The average Bonchev–Trinajstić information content (AvgIpc) is 2.76. The molecular weight excluding hydrogens is 232 g/mol. The van der Waals surface area contributed by atoms with Crippen LogP contribution in [-0.4, -0.2) is 41.5 Å². The fourth-order valence-electron chi connectivity index (χ4n) is 2.16. The lowest BCUT2D eigenvalue weighted by atomic mass is 9.82. The van der Waals surface area contributed by atoms with Crippen molar-refractivity contribution in [2.45, 2.75) is 38.8 Å². The van der Waals surface area contributed by atoms with E-state index in [4.69, 9.17) is 4.42 Å². The second-order valence-electron chi connectivity index (χ2n) is 5.03. The van der Waals surface area contributed by atoms with E-state index in [9.17, 15) is 5.11 Å². The Labute approximate surface area is 107 Å². The summed E-state index contributed by atoms with van der Waals surface area (Å²) in [7, 11) is 1.95. The Bertz CT molecular complexity index is 363. The molecule has 2 N–H and O–H groups in total. The Kier molecular flexibility index (Phi) is 4.54. The summed E-state index contributed by atoms with van der Waals surface area (Å²) in [6.07, 6.45) is 2.73. The standard InChI is InChI=1S/C12H22N4O2/c1-3-4-13-7-11-14-15-12(18-11)16(2)8-9-5-10(17)6-9/h9-10,13,17H,3-8H2,1-2H3. The van der Waals surface area contributed by atoms with Crippen molar-refractivity contribution < 1.29 is 9.52 Å². The van der Waals surface area contributed by atoms with E-state index in [1.165, 1.54) is 0 Å². The van der Waals surface area contributed by atoms with Crippen LogP contribution in [0.15, 0.2) is 4.42 Å². The van der Waals surface area contributed by atoms with Crippen LogP contribution < -0.4 is 10.2 Å². The number of aliphatic hydroxyl groups excluding tert-OH is 1. The number of nitrogens with one attached hydrogen (secondary N) is 1. The molecule has 1 fully saturated rings. The Morgan fingerprint density at radius 2 is 2.22 bits per heavy atom. The molecule has 6 heteroatoms. The van der Waals surface area contributed by atoms with Crippen LogP contribution in [0.2, 0.25) is 0 Å². The molecule has 0 aliphatic heterocycles. The van der Waals surface area contributed by atoms with Crippen LogP contribution in [0.3, 0.4) is 0 Å². The number of hydrogen-bond donors (Lipinski definition) is 2. The smallest absolute Gasteiger partial charge is 0.317 e. The van der Waals surface area contributed by atoms with Gasteiger partial charge in [0.05, 0.1) is 12.6 Å². The predicted molar refractivity (Wildman–Crippen MR) is 68.3 cm³/mol. The highest BCUT2D eigenvalue weighted by atomic mass is 16.4. The van der Waals surface area contributed by atoms with Crippen LogP contribution in [0.4, 0.5) is 6.01 Å². The van der Waals surface area contributed by atoms with Gasteiger partial charge in [-0.2, -0.15) is 0 Å². The maximum Gasteiger partial charge on any atom is 0.317 e. The van der Waals surface area contributed by atoms with Crippen LogP contribution in [-0.2, 0) is 6.54 Å². The molecule has 0 saturated heterocycles. The highest BCUT2D eigenvalue weighted by molar-refractivity contribution is 5.22. The van der Waals surface area contributed by atoms with Gasteiger partial charge >= 0.3 is 6.01 Å². The number of hydrogen-bond acceptors (Lipinski definition) is 6. The minimum absolute atomic E-state index is 0.111. The van der Waals surface area contributed by atoms with E-state index < -0.39 is 0 Å². The van der Waals surface area contributed by atoms with Gasteiger partial charge in [0.1, 0.15) is 0 Å². The van der Waals surface area contributed by atoms with Crippen LogP contribution in [0, 0.1) is 5.92 Å². The molecule has 1 aromatic heterocycles. The zero-order chi connectivity index (χ0) is 13.0. The molecule has 18 heavy (non-hydrogen) atoms. The van der Waals surface area contributed by atoms with E-state index in [0.29, 0.717) is 24.4 Å². The minimum Gasteiger partial charge on any atom is -0.407 e. The summed E-state index contributed by atoms with van der Waals surface area (Å²) in [5.74, 6) is 1.16. The Hall–Kier alpha value is -1.14. The van der Waals surface area contributed by atoms with Crippen molar-refractivity contribution in [1.82, 2.24) is 15.5 Å². The van der Waals surface area contributed by atoms with Gasteiger partial charge in [0.15, 0.2) is 0 Å². The maximum atomic E-state index is 9.25. The normalized spacial score (nSPS) is 22.8. The Morgan fingerprint density at radius 1 is 1.44 bits per heavy atom. The molecule has 2 rings (SSSR count). The first kappa shape index (κ1) is 13.3. The minimum atomic E-state index is -0.111. The molecule has 0 bridgehead atoms. The number of aromatic nitrogens is 2. The van der Waals surface area contributed by atoms with E-state index in [-0.39, 0.29) is 6.10 Å². The molecule has 0 spiro atoms. The van der Waals surface area contributed by atoms with Crippen LogP contribution in [0.25, 0.3) is 0 Å². The van der Waals surface area contributed by atoms with Crippen molar-refractivity contribution in [3.8, 4) is 0 Å². The topological polar surface area (TPSA) is 74.4 Å². The van der Waals surface area contributed by atoms with E-state index in [0.717, 1.165) is 32.4 Å². The van der Waals surface area contributed by atoms with Crippen LogP contribution in [0.5, 0.6) is 0 Å². The van der Waals surface area contributed by atoms with Gasteiger partial charge in [0.2, 0.25) is 5.89 Å². The van der Waals surface area contributed by atoms with Crippen molar-refractivity contribution in [2.75, 3.05) is 25.0 Å². The van der Waals surface area contributed by atoms with Gasteiger partial charge < -0.3 is 19.7 Å². The third-order valence-corrected chi connectivity index (χ3v) is 3.23. The Morgan fingerprint density at radius 3 is 2.89 bits per heavy atom. The second-order valence-corrected chi connectivity index (χ2v) is 5.03. The molecule has 0 amide bonds. The monoisotopic (exact) mass is 254 g/mol. The zero-order valence-corrected chi connectivity index (χ0v) is 11.1. The number of aliphatic hydroxyl groups is 1. The first-order chi connectivity index (χ1) is 8.69. The molecule has 102 valence electrons. The fourth-order valence-corrected chi connectivity index (χ4v) is 2.16. The quantitative estimate of drug-likeness (QED) is 0.700. The predicted octanol–water partition coefficient (Wildman–Crippen LogP) is 0.776. The first-order valence-electron chi connectivity index (χ1n) is 6.61. The molecule has 0 aromatic carbocycles. The van der Waals surface area contributed by atoms with E-state index in [1.54, 1.807) is 0 Å². The largest absolute Gasteiger partial charge is 0.407 e. The van der Waals surface area contributed by atoms with Gasteiger partial charge in [0, 0.05) is 13.6 Å². The molecular formula is C12H22N4O2. The molecule has 0 atom stereocenters. The number of rotatable bonds is 7. The van der Waals surface area contributed by atoms with Gasteiger partial charge in [-0.3, -0.25) is 0 Å². The van der Waals surface area contributed by atoms with Crippen molar-refractivity contribution >= 4 is 6.01 Å². The highest BCUT2D eigenvalue weighted by Crippen LogP contribution is 2.28. The lowest BCUT2D eigenvalue weighted by Crippen LogP contribution is -2.37. The second kappa shape index (κ2) is 6.15. The van der Waals surface area contributed by atoms with E-state index >= 15 is 0 Å². The van der Waals surface area contributed by atoms with Gasteiger partial charge in [-0.25, -0.2) is 0 Å². The lowest BCUT2D eigenvalue weighted by molar-refractivity contribution is 0.0461. The Balaban J connectivity index is 1.77. The van der Waals surface area contributed by atoms with Gasteiger partial charge in [0.25, 0.3) is 0 Å². The van der Waals surface area contributed by atoms with E-state index in [2.05, 4.69) is 22.4 Å². The van der Waals surface area contributed by atoms with Crippen molar-refractivity contribution in [1.29, 1.82) is 0 Å². The average molecular weight is 254 g/mol.